The second kappa shape index (κ2) is 7.41. The van der Waals surface area contributed by atoms with Crippen molar-refractivity contribution >= 4 is 29.6 Å². The minimum atomic E-state index is 0.656. The molecule has 0 amide bonds. The van der Waals surface area contributed by atoms with E-state index >= 15 is 0 Å². The van der Waals surface area contributed by atoms with Gasteiger partial charge in [0.2, 0.25) is 0 Å². The Labute approximate surface area is 124 Å². The highest BCUT2D eigenvalue weighted by molar-refractivity contribution is 8.02. The number of thioether (sulfide) groups is 1. The molecule has 2 nitrogen and oxygen atoms in total. The Balaban J connectivity index is 2.89. The van der Waals surface area contributed by atoms with Crippen LogP contribution in [0.2, 0.25) is 5.02 Å². The summed E-state index contributed by atoms with van der Waals surface area (Å²) in [6, 6.07) is 7.72. The van der Waals surface area contributed by atoms with Crippen LogP contribution in [0, 0.1) is 0 Å². The molecule has 0 N–H and O–H groups in total. The van der Waals surface area contributed by atoms with E-state index in [2.05, 4.69) is 6.58 Å². The van der Waals surface area contributed by atoms with E-state index in [4.69, 9.17) is 11.6 Å². The third-order valence-corrected chi connectivity index (χ3v) is 4.09. The van der Waals surface area contributed by atoms with Gasteiger partial charge in [0.15, 0.2) is 6.29 Å². The lowest BCUT2D eigenvalue weighted by Crippen LogP contribution is -2.12. The van der Waals surface area contributed by atoms with E-state index in [1.807, 2.05) is 50.2 Å². The Kier molecular flexibility index (Phi) is 6.19. The fourth-order valence-corrected chi connectivity index (χ4v) is 2.77. The molecule has 0 radical (unpaired) electrons. The molecular formula is C15H18ClNOS. The topological polar surface area (TPSA) is 20.3 Å². The summed E-state index contributed by atoms with van der Waals surface area (Å²) in [7, 11) is 3.85. The maximum Gasteiger partial charge on any atom is 0.152 e. The molecule has 0 unspecified atom stereocenters. The molecule has 0 bridgehead atoms. The van der Waals surface area contributed by atoms with E-state index in [1.54, 1.807) is 11.8 Å². The zero-order valence-electron chi connectivity index (χ0n) is 11.4. The number of aldehydes is 1. The third-order valence-electron chi connectivity index (χ3n) is 2.50. The van der Waals surface area contributed by atoms with Gasteiger partial charge in [-0.2, -0.15) is 0 Å². The summed E-state index contributed by atoms with van der Waals surface area (Å²) in [6.07, 6.45) is 0.868. The Hall–Kier alpha value is -1.19. The molecule has 102 valence electrons. The molecule has 19 heavy (non-hydrogen) atoms. The van der Waals surface area contributed by atoms with E-state index in [0.29, 0.717) is 5.57 Å². The summed E-state index contributed by atoms with van der Waals surface area (Å²) in [5.41, 5.74) is 2.60. The number of allylic oxidation sites excluding steroid dienone is 2. The molecule has 0 saturated carbocycles. The Morgan fingerprint density at radius 3 is 2.37 bits per heavy atom. The summed E-state index contributed by atoms with van der Waals surface area (Å²) in [5, 5.41) is 1.66. The minimum Gasteiger partial charge on any atom is -0.372 e. The first kappa shape index (κ1) is 15.9. The molecule has 0 heterocycles. The van der Waals surface area contributed by atoms with Gasteiger partial charge in [-0.1, -0.05) is 30.3 Å². The highest BCUT2D eigenvalue weighted by Crippen LogP contribution is 2.28. The number of rotatable bonds is 6. The standard InChI is InChI=1S/C15H18ClNOS/c1-11(2)14(9-18)15(17(3)4)19-10-12-5-7-13(16)8-6-12/h5-9H,1,10H2,2-4H3/b15-14+. The van der Waals surface area contributed by atoms with Crippen molar-refractivity contribution in [2.45, 2.75) is 12.7 Å². The van der Waals surface area contributed by atoms with E-state index < -0.39 is 0 Å². The summed E-state index contributed by atoms with van der Waals surface area (Å²) in [5.74, 6) is 0.787. The van der Waals surface area contributed by atoms with Crippen LogP contribution in [-0.4, -0.2) is 25.3 Å². The lowest BCUT2D eigenvalue weighted by molar-refractivity contribution is -0.104. The molecule has 0 aliphatic heterocycles. The Morgan fingerprint density at radius 2 is 1.95 bits per heavy atom. The molecule has 1 aromatic rings. The largest absolute Gasteiger partial charge is 0.372 e. The van der Waals surface area contributed by atoms with Crippen LogP contribution in [0.3, 0.4) is 0 Å². The van der Waals surface area contributed by atoms with Gasteiger partial charge >= 0.3 is 0 Å². The van der Waals surface area contributed by atoms with Gasteiger partial charge in [0.25, 0.3) is 0 Å². The van der Waals surface area contributed by atoms with Crippen LogP contribution in [0.4, 0.5) is 0 Å². The highest BCUT2D eigenvalue weighted by Gasteiger charge is 2.10. The number of carbonyl (C=O) groups excluding carboxylic acids is 1. The van der Waals surface area contributed by atoms with Gasteiger partial charge in [0.05, 0.1) is 5.03 Å². The first-order valence-electron chi connectivity index (χ1n) is 5.85. The molecule has 0 fully saturated rings. The second-order valence-electron chi connectivity index (χ2n) is 4.43. The third kappa shape index (κ3) is 4.77. The summed E-state index contributed by atoms with van der Waals surface area (Å²) in [4.78, 5) is 13.1. The second-order valence-corrected chi connectivity index (χ2v) is 5.83. The number of benzene rings is 1. The maximum atomic E-state index is 11.2. The lowest BCUT2D eigenvalue weighted by atomic mass is 10.2. The molecule has 0 aliphatic carbocycles. The number of carbonyl (C=O) groups is 1. The van der Waals surface area contributed by atoms with Crippen molar-refractivity contribution in [2.24, 2.45) is 0 Å². The van der Waals surface area contributed by atoms with Gasteiger partial charge in [0, 0.05) is 30.4 Å². The van der Waals surface area contributed by atoms with E-state index in [-0.39, 0.29) is 0 Å². The molecule has 1 aromatic carbocycles. The van der Waals surface area contributed by atoms with Crippen molar-refractivity contribution in [1.29, 1.82) is 0 Å². The zero-order valence-corrected chi connectivity index (χ0v) is 13.0. The molecule has 0 spiro atoms. The molecule has 4 heteroatoms. The average Bonchev–Trinajstić information content (AvgIpc) is 2.35. The minimum absolute atomic E-state index is 0.656. The zero-order chi connectivity index (χ0) is 14.4. The average molecular weight is 296 g/mol. The summed E-state index contributed by atoms with van der Waals surface area (Å²) < 4.78 is 0. The van der Waals surface area contributed by atoms with Crippen molar-refractivity contribution < 1.29 is 4.79 Å². The molecule has 0 aromatic heterocycles. The van der Waals surface area contributed by atoms with Gasteiger partial charge in [0.1, 0.15) is 0 Å². The molecule has 1 rings (SSSR count). The molecule has 0 aliphatic rings. The number of hydrogen-bond acceptors (Lipinski definition) is 3. The highest BCUT2D eigenvalue weighted by atomic mass is 35.5. The van der Waals surface area contributed by atoms with Crippen molar-refractivity contribution in [3.8, 4) is 0 Å². The Morgan fingerprint density at radius 1 is 1.37 bits per heavy atom. The van der Waals surface area contributed by atoms with Gasteiger partial charge in [-0.15, -0.1) is 11.8 Å². The first-order chi connectivity index (χ1) is 8.95. The molecule has 0 atom stereocenters. The normalized spacial score (nSPS) is 11.8. The van der Waals surface area contributed by atoms with Gasteiger partial charge < -0.3 is 4.90 Å². The van der Waals surface area contributed by atoms with Crippen LogP contribution in [0.15, 0.2) is 47.0 Å². The van der Waals surface area contributed by atoms with Crippen LogP contribution < -0.4 is 0 Å². The van der Waals surface area contributed by atoms with Crippen molar-refractivity contribution in [3.63, 3.8) is 0 Å². The Bertz CT molecular complexity index is 491. The van der Waals surface area contributed by atoms with Crippen LogP contribution in [0.25, 0.3) is 0 Å². The predicted octanol–water partition coefficient (Wildman–Crippen LogP) is 4.12. The number of halogens is 1. The predicted molar refractivity (Wildman–Crippen MR) is 84.3 cm³/mol. The summed E-state index contributed by atoms with van der Waals surface area (Å²) in [6.45, 7) is 5.69. The fraction of sp³-hybridized carbons (Fsp3) is 0.267. The fourth-order valence-electron chi connectivity index (χ4n) is 1.51. The number of nitrogens with zero attached hydrogens (tertiary/aromatic N) is 1. The van der Waals surface area contributed by atoms with Crippen molar-refractivity contribution in [2.75, 3.05) is 14.1 Å². The van der Waals surface area contributed by atoms with Crippen molar-refractivity contribution in [1.82, 2.24) is 4.90 Å². The van der Waals surface area contributed by atoms with Crippen LogP contribution in [0.5, 0.6) is 0 Å². The smallest absolute Gasteiger partial charge is 0.152 e. The molecular weight excluding hydrogens is 278 g/mol. The monoisotopic (exact) mass is 295 g/mol. The van der Waals surface area contributed by atoms with Gasteiger partial charge in [-0.05, 0) is 30.2 Å². The maximum absolute atomic E-state index is 11.2. The lowest BCUT2D eigenvalue weighted by Gasteiger charge is -2.19. The van der Waals surface area contributed by atoms with Gasteiger partial charge in [-0.3, -0.25) is 4.79 Å². The van der Waals surface area contributed by atoms with E-state index in [0.717, 1.165) is 27.7 Å². The SMILES string of the molecule is C=C(C)/C(C=O)=C(/SCc1ccc(Cl)cc1)N(C)C. The number of hydrogen-bond donors (Lipinski definition) is 0. The molecule has 0 saturated heterocycles. The van der Waals surface area contributed by atoms with Crippen LogP contribution >= 0.6 is 23.4 Å². The van der Waals surface area contributed by atoms with E-state index in [9.17, 15) is 4.79 Å². The van der Waals surface area contributed by atoms with Crippen LogP contribution in [-0.2, 0) is 10.5 Å². The van der Waals surface area contributed by atoms with Crippen LogP contribution in [0.1, 0.15) is 12.5 Å². The van der Waals surface area contributed by atoms with Crippen molar-refractivity contribution in [3.05, 3.63) is 57.6 Å². The first-order valence-corrected chi connectivity index (χ1v) is 7.22. The summed E-state index contributed by atoms with van der Waals surface area (Å²) >= 11 is 7.48. The quantitative estimate of drug-likeness (QED) is 0.447. The van der Waals surface area contributed by atoms with E-state index in [1.165, 1.54) is 5.56 Å². The van der Waals surface area contributed by atoms with Gasteiger partial charge in [-0.25, -0.2) is 0 Å².